The average molecular weight is 411 g/mol. The van der Waals surface area contributed by atoms with Crippen molar-refractivity contribution in [1.82, 2.24) is 0 Å². The van der Waals surface area contributed by atoms with Crippen LogP contribution in [0.15, 0.2) is 36.0 Å². The van der Waals surface area contributed by atoms with Crippen LogP contribution >= 0.6 is 0 Å². The number of rotatable bonds is 7. The molecule has 0 N–H and O–H groups in total. The van der Waals surface area contributed by atoms with Gasteiger partial charge in [-0.3, -0.25) is 0 Å². The van der Waals surface area contributed by atoms with E-state index in [0.29, 0.717) is 23.2 Å². The van der Waals surface area contributed by atoms with Gasteiger partial charge in [0.2, 0.25) is 0 Å². The van der Waals surface area contributed by atoms with Gasteiger partial charge in [-0.05, 0) is 97.7 Å². The van der Waals surface area contributed by atoms with Crippen molar-refractivity contribution < 1.29 is 0 Å². The predicted octanol–water partition coefficient (Wildman–Crippen LogP) is 9.24. The van der Waals surface area contributed by atoms with E-state index in [2.05, 4.69) is 73.3 Å². The highest BCUT2D eigenvalue weighted by atomic mass is 14.5. The molecular weight excluding hydrogens is 360 g/mol. The van der Waals surface area contributed by atoms with Crippen LogP contribution in [0.1, 0.15) is 99.8 Å². The Morgan fingerprint density at radius 3 is 2.53 bits per heavy atom. The molecule has 0 saturated heterocycles. The Labute approximate surface area is 188 Å². The van der Waals surface area contributed by atoms with Gasteiger partial charge in [0.15, 0.2) is 0 Å². The highest BCUT2D eigenvalue weighted by Crippen LogP contribution is 2.60. The van der Waals surface area contributed by atoms with Crippen molar-refractivity contribution in [2.75, 3.05) is 0 Å². The SMILES string of the molecule is C=C1C(C)CC(CC)C1C(C)C=C1CCCC2(C)C1CCC2C(C)C=CCC(C)C. The summed E-state index contributed by atoms with van der Waals surface area (Å²) in [4.78, 5) is 0. The molecule has 3 saturated carbocycles. The Bertz CT molecular complexity index is 649. The van der Waals surface area contributed by atoms with E-state index < -0.39 is 0 Å². The van der Waals surface area contributed by atoms with E-state index in [-0.39, 0.29) is 0 Å². The topological polar surface area (TPSA) is 0 Å². The zero-order valence-corrected chi connectivity index (χ0v) is 21.2. The fourth-order valence-corrected chi connectivity index (χ4v) is 7.86. The molecule has 0 nitrogen and oxygen atoms in total. The van der Waals surface area contributed by atoms with Gasteiger partial charge in [-0.25, -0.2) is 0 Å². The monoisotopic (exact) mass is 410 g/mol. The molecule has 0 aliphatic heterocycles. The molecule has 3 fully saturated rings. The maximum atomic E-state index is 4.55. The standard InChI is InChI=1S/C30H50/c1-9-25-18-22(5)24(7)29(25)23(6)19-26-14-11-17-30(8)27(15-16-28(26)30)21(4)13-10-12-20(2)3/h10,13,19-23,25,27-29H,7,9,11-12,14-18H2,1-6,8H3. The van der Waals surface area contributed by atoms with E-state index >= 15 is 0 Å². The van der Waals surface area contributed by atoms with E-state index in [0.717, 1.165) is 29.6 Å². The van der Waals surface area contributed by atoms with Gasteiger partial charge in [0, 0.05) is 0 Å². The van der Waals surface area contributed by atoms with Gasteiger partial charge in [0.25, 0.3) is 0 Å². The maximum Gasteiger partial charge on any atom is -0.0114 e. The molecule has 0 heterocycles. The fourth-order valence-electron chi connectivity index (χ4n) is 7.86. The first-order valence-corrected chi connectivity index (χ1v) is 13.2. The Balaban J connectivity index is 1.76. The first kappa shape index (κ1) is 23.9. The molecule has 30 heavy (non-hydrogen) atoms. The van der Waals surface area contributed by atoms with Crippen LogP contribution in [0.5, 0.6) is 0 Å². The van der Waals surface area contributed by atoms with Gasteiger partial charge in [-0.15, -0.1) is 0 Å². The lowest BCUT2D eigenvalue weighted by atomic mass is 9.60. The molecular formula is C30H50. The molecule has 0 aromatic carbocycles. The van der Waals surface area contributed by atoms with E-state index in [9.17, 15) is 0 Å². The predicted molar refractivity (Wildman–Crippen MR) is 133 cm³/mol. The number of hydrogen-bond donors (Lipinski definition) is 0. The Morgan fingerprint density at radius 2 is 1.87 bits per heavy atom. The third-order valence-electron chi connectivity index (χ3n) is 9.51. The lowest BCUT2D eigenvalue weighted by Gasteiger charge is -2.44. The van der Waals surface area contributed by atoms with Crippen LogP contribution in [0, 0.1) is 52.8 Å². The maximum absolute atomic E-state index is 4.55. The second kappa shape index (κ2) is 9.79. The van der Waals surface area contributed by atoms with Gasteiger partial charge in [0.05, 0.1) is 0 Å². The van der Waals surface area contributed by atoms with Crippen LogP contribution in [-0.4, -0.2) is 0 Å². The highest BCUT2D eigenvalue weighted by molar-refractivity contribution is 5.23. The molecule has 3 aliphatic carbocycles. The van der Waals surface area contributed by atoms with Crippen LogP contribution in [-0.2, 0) is 0 Å². The smallest absolute Gasteiger partial charge is 0.0114 e. The van der Waals surface area contributed by atoms with Gasteiger partial charge < -0.3 is 0 Å². The molecule has 0 spiro atoms. The zero-order valence-electron chi connectivity index (χ0n) is 21.2. The summed E-state index contributed by atoms with van der Waals surface area (Å²) in [5, 5.41) is 0. The molecule has 8 atom stereocenters. The second-order valence-electron chi connectivity index (χ2n) is 12.0. The third kappa shape index (κ3) is 4.68. The molecule has 170 valence electrons. The zero-order chi connectivity index (χ0) is 22.1. The third-order valence-corrected chi connectivity index (χ3v) is 9.51. The molecule has 0 heteroatoms. The van der Waals surface area contributed by atoms with E-state index in [1.54, 1.807) is 0 Å². The molecule has 0 aromatic rings. The summed E-state index contributed by atoms with van der Waals surface area (Å²) in [7, 11) is 0. The molecule has 0 amide bonds. The Morgan fingerprint density at radius 1 is 1.13 bits per heavy atom. The second-order valence-corrected chi connectivity index (χ2v) is 12.0. The van der Waals surface area contributed by atoms with Crippen LogP contribution in [0.25, 0.3) is 0 Å². The van der Waals surface area contributed by atoms with Gasteiger partial charge in [0.1, 0.15) is 0 Å². The molecule has 3 aliphatic rings. The summed E-state index contributed by atoms with van der Waals surface area (Å²) in [5.41, 5.74) is 3.87. The van der Waals surface area contributed by atoms with Crippen LogP contribution in [0.3, 0.4) is 0 Å². The molecule has 8 unspecified atom stereocenters. The largest absolute Gasteiger partial charge is 0.0993 e. The highest BCUT2D eigenvalue weighted by Gasteiger charge is 2.50. The minimum atomic E-state index is 0.509. The van der Waals surface area contributed by atoms with Gasteiger partial charge in [-0.1, -0.05) is 90.8 Å². The van der Waals surface area contributed by atoms with E-state index in [1.165, 1.54) is 56.9 Å². The van der Waals surface area contributed by atoms with E-state index in [1.807, 2.05) is 5.57 Å². The summed E-state index contributed by atoms with van der Waals surface area (Å²) in [6, 6.07) is 0. The molecule has 0 aromatic heterocycles. The summed E-state index contributed by atoms with van der Waals surface area (Å²) in [6.45, 7) is 21.6. The number of allylic oxidation sites excluding steroid dienone is 5. The van der Waals surface area contributed by atoms with Crippen molar-refractivity contribution >= 4 is 0 Å². The summed E-state index contributed by atoms with van der Waals surface area (Å²) < 4.78 is 0. The minimum Gasteiger partial charge on any atom is -0.0993 e. The van der Waals surface area contributed by atoms with Crippen LogP contribution in [0.4, 0.5) is 0 Å². The quantitative estimate of drug-likeness (QED) is 0.367. The summed E-state index contributed by atoms with van der Waals surface area (Å²) in [6.07, 6.45) is 18.7. The van der Waals surface area contributed by atoms with Crippen molar-refractivity contribution in [1.29, 1.82) is 0 Å². The molecule has 0 radical (unpaired) electrons. The average Bonchev–Trinajstić information content (AvgIpc) is 3.18. The summed E-state index contributed by atoms with van der Waals surface area (Å²) in [5.74, 6) is 6.10. The molecule has 3 rings (SSSR count). The first-order chi connectivity index (χ1) is 14.2. The Kier molecular flexibility index (Phi) is 7.79. The van der Waals surface area contributed by atoms with Crippen molar-refractivity contribution in [2.24, 2.45) is 52.8 Å². The number of fused-ring (bicyclic) bond motifs is 1. The van der Waals surface area contributed by atoms with Crippen molar-refractivity contribution in [2.45, 2.75) is 99.8 Å². The Hall–Kier alpha value is -0.780. The fraction of sp³-hybridized carbons (Fsp3) is 0.800. The van der Waals surface area contributed by atoms with Gasteiger partial charge >= 0.3 is 0 Å². The van der Waals surface area contributed by atoms with Crippen LogP contribution < -0.4 is 0 Å². The molecule has 0 bridgehead atoms. The van der Waals surface area contributed by atoms with E-state index in [4.69, 9.17) is 0 Å². The van der Waals surface area contributed by atoms with Crippen molar-refractivity contribution in [3.63, 3.8) is 0 Å². The van der Waals surface area contributed by atoms with Crippen molar-refractivity contribution in [3.8, 4) is 0 Å². The van der Waals surface area contributed by atoms with Gasteiger partial charge in [-0.2, -0.15) is 0 Å². The lowest BCUT2D eigenvalue weighted by molar-refractivity contribution is 0.111. The van der Waals surface area contributed by atoms with Crippen LogP contribution in [0.2, 0.25) is 0 Å². The number of hydrogen-bond acceptors (Lipinski definition) is 0. The summed E-state index contributed by atoms with van der Waals surface area (Å²) >= 11 is 0. The first-order valence-electron chi connectivity index (χ1n) is 13.2. The lowest BCUT2D eigenvalue weighted by Crippen LogP contribution is -2.36. The minimum absolute atomic E-state index is 0.509. The normalized spacial score (nSPS) is 40.5. The van der Waals surface area contributed by atoms with Crippen molar-refractivity contribution in [3.05, 3.63) is 36.0 Å².